The quantitative estimate of drug-likeness (QED) is 0.802. The molecular weight excluding hydrogens is 268 g/mol. The van der Waals surface area contributed by atoms with Crippen LogP contribution >= 0.6 is 0 Å². The number of aryl methyl sites for hydroxylation is 1. The summed E-state index contributed by atoms with van der Waals surface area (Å²) in [6, 6.07) is 12.9. The number of rotatable bonds is 3. The van der Waals surface area contributed by atoms with E-state index in [2.05, 4.69) is 4.98 Å². The van der Waals surface area contributed by atoms with Crippen molar-refractivity contribution >= 4 is 11.5 Å². The minimum atomic E-state index is -1.03. The van der Waals surface area contributed by atoms with E-state index in [0.717, 1.165) is 11.3 Å². The number of aromatic carboxylic acids is 1. The molecule has 0 aliphatic rings. The van der Waals surface area contributed by atoms with E-state index in [1.807, 2.05) is 47.7 Å². The van der Waals surface area contributed by atoms with Crippen LogP contribution in [0.5, 0.6) is 5.75 Å². The second kappa shape index (κ2) is 4.94. The Kier molecular flexibility index (Phi) is 3.10. The van der Waals surface area contributed by atoms with Gasteiger partial charge in [0, 0.05) is 11.3 Å². The molecule has 2 aromatic heterocycles. The number of benzene rings is 1. The molecule has 1 N–H and O–H groups in total. The number of nitrogens with zero attached hydrogens (tertiary/aromatic N) is 2. The first-order valence-electron chi connectivity index (χ1n) is 6.47. The predicted molar refractivity (Wildman–Crippen MR) is 78.9 cm³/mol. The predicted octanol–water partition coefficient (Wildman–Crippen LogP) is 3.02. The standard InChI is InChI=1S/C16H14N2O3/c1-10-5-3-8-13-14(16(19)20)17-15(18(10)13)11-6-4-7-12(9-11)21-2/h3-9H,1-2H3,(H,19,20). The Balaban J connectivity index is 2.34. The third kappa shape index (κ3) is 2.12. The van der Waals surface area contributed by atoms with Crippen molar-refractivity contribution in [3.05, 3.63) is 53.9 Å². The smallest absolute Gasteiger partial charge is 0.356 e. The van der Waals surface area contributed by atoms with Crippen LogP contribution < -0.4 is 4.74 Å². The van der Waals surface area contributed by atoms with Gasteiger partial charge in [-0.2, -0.15) is 0 Å². The lowest BCUT2D eigenvalue weighted by Crippen LogP contribution is -1.97. The summed E-state index contributed by atoms with van der Waals surface area (Å²) in [5.41, 5.74) is 2.37. The Hall–Kier alpha value is -2.82. The second-order valence-electron chi connectivity index (χ2n) is 4.71. The molecule has 0 amide bonds. The van der Waals surface area contributed by atoms with Crippen molar-refractivity contribution in [3.63, 3.8) is 0 Å². The Morgan fingerprint density at radius 1 is 1.24 bits per heavy atom. The SMILES string of the molecule is COc1cccc(-c2nc(C(=O)O)c3cccc(C)n23)c1. The molecule has 0 atom stereocenters. The molecule has 0 spiro atoms. The minimum absolute atomic E-state index is 0.0523. The zero-order chi connectivity index (χ0) is 15.0. The van der Waals surface area contributed by atoms with Crippen LogP contribution in [0.15, 0.2) is 42.5 Å². The normalized spacial score (nSPS) is 10.8. The van der Waals surface area contributed by atoms with Crippen LogP contribution in [0.4, 0.5) is 0 Å². The minimum Gasteiger partial charge on any atom is -0.497 e. The topological polar surface area (TPSA) is 63.8 Å². The lowest BCUT2D eigenvalue weighted by Gasteiger charge is -2.06. The first-order valence-corrected chi connectivity index (χ1v) is 6.47. The number of fused-ring (bicyclic) bond motifs is 1. The van der Waals surface area contributed by atoms with Gasteiger partial charge in [-0.25, -0.2) is 9.78 Å². The Bertz CT molecular complexity index is 837. The van der Waals surface area contributed by atoms with E-state index >= 15 is 0 Å². The van der Waals surface area contributed by atoms with Crippen LogP contribution in [0.3, 0.4) is 0 Å². The summed E-state index contributed by atoms with van der Waals surface area (Å²) >= 11 is 0. The molecule has 0 radical (unpaired) electrons. The molecule has 0 aliphatic carbocycles. The molecule has 5 heteroatoms. The fourth-order valence-corrected chi connectivity index (χ4v) is 2.41. The first-order chi connectivity index (χ1) is 10.1. The molecule has 1 aromatic carbocycles. The number of ether oxygens (including phenoxy) is 1. The van der Waals surface area contributed by atoms with Gasteiger partial charge in [0.15, 0.2) is 5.69 Å². The van der Waals surface area contributed by atoms with Crippen molar-refractivity contribution in [1.29, 1.82) is 0 Å². The first kappa shape index (κ1) is 13.2. The number of carboxylic acids is 1. The summed E-state index contributed by atoms with van der Waals surface area (Å²) in [6.07, 6.45) is 0. The van der Waals surface area contributed by atoms with Gasteiger partial charge in [-0.1, -0.05) is 18.2 Å². The van der Waals surface area contributed by atoms with Crippen molar-refractivity contribution in [1.82, 2.24) is 9.38 Å². The van der Waals surface area contributed by atoms with Gasteiger partial charge in [-0.3, -0.25) is 4.40 Å². The number of imidazole rings is 1. The maximum absolute atomic E-state index is 11.4. The molecule has 0 saturated heterocycles. The van der Waals surface area contributed by atoms with Gasteiger partial charge < -0.3 is 9.84 Å². The van der Waals surface area contributed by atoms with Crippen LogP contribution in [0, 0.1) is 6.92 Å². The number of pyridine rings is 1. The average Bonchev–Trinajstić information content (AvgIpc) is 2.88. The fourth-order valence-electron chi connectivity index (χ4n) is 2.41. The van der Waals surface area contributed by atoms with E-state index in [0.29, 0.717) is 17.1 Å². The van der Waals surface area contributed by atoms with Gasteiger partial charge in [0.05, 0.1) is 12.6 Å². The highest BCUT2D eigenvalue weighted by molar-refractivity contribution is 5.95. The molecular formula is C16H14N2O3. The molecule has 0 saturated carbocycles. The summed E-state index contributed by atoms with van der Waals surface area (Å²) < 4.78 is 7.06. The number of carboxylic acid groups (broad SMARTS) is 1. The van der Waals surface area contributed by atoms with E-state index in [1.54, 1.807) is 13.2 Å². The molecule has 3 aromatic rings. The summed E-state index contributed by atoms with van der Waals surface area (Å²) in [6.45, 7) is 1.92. The highest BCUT2D eigenvalue weighted by atomic mass is 16.5. The van der Waals surface area contributed by atoms with Crippen molar-refractivity contribution in [3.8, 4) is 17.1 Å². The summed E-state index contributed by atoms with van der Waals surface area (Å²) in [4.78, 5) is 15.7. The van der Waals surface area contributed by atoms with E-state index < -0.39 is 5.97 Å². The Morgan fingerprint density at radius 2 is 2.00 bits per heavy atom. The van der Waals surface area contributed by atoms with Gasteiger partial charge in [0.2, 0.25) is 0 Å². The zero-order valence-corrected chi connectivity index (χ0v) is 11.7. The Labute approximate surface area is 121 Å². The molecule has 0 bridgehead atoms. The molecule has 0 aliphatic heterocycles. The molecule has 2 heterocycles. The highest BCUT2D eigenvalue weighted by Gasteiger charge is 2.18. The number of methoxy groups -OCH3 is 1. The van der Waals surface area contributed by atoms with E-state index in [-0.39, 0.29) is 5.69 Å². The maximum atomic E-state index is 11.4. The maximum Gasteiger partial charge on any atom is 0.356 e. The van der Waals surface area contributed by atoms with Crippen LogP contribution in [-0.4, -0.2) is 27.6 Å². The second-order valence-corrected chi connectivity index (χ2v) is 4.71. The van der Waals surface area contributed by atoms with Crippen LogP contribution in [0.2, 0.25) is 0 Å². The Morgan fingerprint density at radius 3 is 2.71 bits per heavy atom. The lowest BCUT2D eigenvalue weighted by atomic mass is 10.2. The van der Waals surface area contributed by atoms with Gasteiger partial charge in [0.25, 0.3) is 0 Å². The molecule has 21 heavy (non-hydrogen) atoms. The number of carbonyl (C=O) groups is 1. The largest absolute Gasteiger partial charge is 0.497 e. The van der Waals surface area contributed by atoms with Crippen molar-refractivity contribution in [2.45, 2.75) is 6.92 Å². The molecule has 3 rings (SSSR count). The third-order valence-corrected chi connectivity index (χ3v) is 3.39. The van der Waals surface area contributed by atoms with E-state index in [4.69, 9.17) is 4.74 Å². The van der Waals surface area contributed by atoms with Crippen molar-refractivity contribution < 1.29 is 14.6 Å². The summed E-state index contributed by atoms with van der Waals surface area (Å²) in [5, 5.41) is 9.33. The van der Waals surface area contributed by atoms with Crippen LogP contribution in [0.25, 0.3) is 16.9 Å². The lowest BCUT2D eigenvalue weighted by molar-refractivity contribution is 0.0693. The molecule has 0 unspecified atom stereocenters. The average molecular weight is 282 g/mol. The van der Waals surface area contributed by atoms with Gasteiger partial charge >= 0.3 is 5.97 Å². The van der Waals surface area contributed by atoms with Crippen molar-refractivity contribution in [2.75, 3.05) is 7.11 Å². The number of aromatic nitrogens is 2. The number of hydrogen-bond donors (Lipinski definition) is 1. The monoisotopic (exact) mass is 282 g/mol. The summed E-state index contributed by atoms with van der Waals surface area (Å²) in [5.74, 6) is 0.265. The fraction of sp³-hybridized carbons (Fsp3) is 0.125. The van der Waals surface area contributed by atoms with Gasteiger partial charge in [-0.15, -0.1) is 0 Å². The molecule has 106 valence electrons. The van der Waals surface area contributed by atoms with Gasteiger partial charge in [-0.05, 0) is 31.2 Å². The third-order valence-electron chi connectivity index (χ3n) is 3.39. The zero-order valence-electron chi connectivity index (χ0n) is 11.7. The van der Waals surface area contributed by atoms with E-state index in [9.17, 15) is 9.90 Å². The highest BCUT2D eigenvalue weighted by Crippen LogP contribution is 2.27. The van der Waals surface area contributed by atoms with Crippen molar-refractivity contribution in [2.24, 2.45) is 0 Å². The summed E-state index contributed by atoms with van der Waals surface area (Å²) in [7, 11) is 1.59. The van der Waals surface area contributed by atoms with Crippen LogP contribution in [-0.2, 0) is 0 Å². The van der Waals surface area contributed by atoms with Gasteiger partial charge in [0.1, 0.15) is 11.6 Å². The number of hydrogen-bond acceptors (Lipinski definition) is 3. The van der Waals surface area contributed by atoms with Crippen LogP contribution in [0.1, 0.15) is 16.2 Å². The molecule has 0 fully saturated rings. The molecule has 5 nitrogen and oxygen atoms in total. The van der Waals surface area contributed by atoms with E-state index in [1.165, 1.54) is 0 Å².